The molecule has 0 N–H and O–H groups in total. The molecular formula is C29H30O9. The summed E-state index contributed by atoms with van der Waals surface area (Å²) >= 11 is 0. The molecule has 0 radical (unpaired) electrons. The normalized spacial score (nSPS) is 18.6. The highest BCUT2D eigenvalue weighted by Crippen LogP contribution is 2.32. The maximum atomic E-state index is 12.8. The second kappa shape index (κ2) is 12.1. The summed E-state index contributed by atoms with van der Waals surface area (Å²) in [4.78, 5) is 25.4. The molecule has 2 aromatic rings. The largest absolute Gasteiger partial charge is 0.386 e. The van der Waals surface area contributed by atoms with Crippen LogP contribution in [0.25, 0.3) is 0 Å². The molecule has 0 atom stereocenters. The van der Waals surface area contributed by atoms with Crippen molar-refractivity contribution >= 4 is 11.9 Å². The van der Waals surface area contributed by atoms with E-state index in [0.29, 0.717) is 39.6 Å². The van der Waals surface area contributed by atoms with E-state index in [9.17, 15) is 9.59 Å². The van der Waals surface area contributed by atoms with E-state index in [0.717, 1.165) is 27.8 Å². The Morgan fingerprint density at radius 2 is 1.13 bits per heavy atom. The van der Waals surface area contributed by atoms with Crippen LogP contribution in [0.3, 0.4) is 0 Å². The molecule has 3 aliphatic heterocycles. The molecule has 0 spiro atoms. The fourth-order valence-electron chi connectivity index (χ4n) is 4.44. The minimum atomic E-state index is -0.819. The third kappa shape index (κ3) is 6.27. The van der Waals surface area contributed by atoms with Gasteiger partial charge in [0.15, 0.2) is 18.9 Å². The second-order valence-electron chi connectivity index (χ2n) is 9.16. The lowest BCUT2D eigenvalue weighted by Gasteiger charge is -2.18. The first-order valence-corrected chi connectivity index (χ1v) is 12.5. The van der Waals surface area contributed by atoms with Gasteiger partial charge in [-0.25, -0.2) is 9.59 Å². The van der Waals surface area contributed by atoms with Crippen molar-refractivity contribution in [2.24, 2.45) is 0 Å². The van der Waals surface area contributed by atoms with Gasteiger partial charge in [0.2, 0.25) is 0 Å². The van der Waals surface area contributed by atoms with Crippen molar-refractivity contribution < 1.29 is 42.7 Å². The van der Waals surface area contributed by atoms with Crippen molar-refractivity contribution in [3.63, 3.8) is 0 Å². The Morgan fingerprint density at radius 3 is 1.71 bits per heavy atom. The molecule has 0 aromatic heterocycles. The molecule has 2 aromatic carbocycles. The van der Waals surface area contributed by atoms with Crippen LogP contribution < -0.4 is 0 Å². The topological polar surface area (TPSA) is 98.8 Å². The average molecular weight is 523 g/mol. The summed E-state index contributed by atoms with van der Waals surface area (Å²) in [6.07, 6.45) is -1.04. The predicted molar refractivity (Wildman–Crippen MR) is 134 cm³/mol. The minimum absolute atomic E-state index is 0.108. The number of carbonyl (C=O) groups excluding carboxylic acids is 2. The predicted octanol–water partition coefficient (Wildman–Crippen LogP) is 3.79. The summed E-state index contributed by atoms with van der Waals surface area (Å²) in [6, 6.07) is 13.1. The van der Waals surface area contributed by atoms with Crippen molar-refractivity contribution in [1.82, 2.24) is 0 Å². The van der Waals surface area contributed by atoms with Gasteiger partial charge in [0.05, 0.1) is 39.6 Å². The van der Waals surface area contributed by atoms with Gasteiger partial charge in [-0.2, -0.15) is 0 Å². The van der Waals surface area contributed by atoms with Crippen molar-refractivity contribution in [1.29, 1.82) is 0 Å². The van der Waals surface area contributed by atoms with Gasteiger partial charge in [0, 0.05) is 40.7 Å². The number of hydrogen-bond donors (Lipinski definition) is 0. The lowest BCUT2D eigenvalue weighted by Crippen LogP contribution is -2.18. The number of rotatable bonds is 9. The van der Waals surface area contributed by atoms with Crippen LogP contribution in [0.15, 0.2) is 66.8 Å². The Morgan fingerprint density at radius 1 is 0.658 bits per heavy atom. The first-order chi connectivity index (χ1) is 18.5. The Bertz CT molecular complexity index is 1190. The Balaban J connectivity index is 1.20. The van der Waals surface area contributed by atoms with Crippen LogP contribution in [0.2, 0.25) is 0 Å². The van der Waals surface area contributed by atoms with Gasteiger partial charge in [0.25, 0.3) is 0 Å². The smallest absolute Gasteiger partial charge is 0.341 e. The second-order valence-corrected chi connectivity index (χ2v) is 9.16. The van der Waals surface area contributed by atoms with Crippen LogP contribution in [0.4, 0.5) is 0 Å². The van der Waals surface area contributed by atoms with E-state index in [1.165, 1.54) is 0 Å². The molecule has 38 heavy (non-hydrogen) atoms. The maximum Gasteiger partial charge on any atom is 0.341 e. The lowest BCUT2D eigenvalue weighted by molar-refractivity contribution is -0.154. The molecule has 0 saturated carbocycles. The monoisotopic (exact) mass is 522 g/mol. The first-order valence-electron chi connectivity index (χ1n) is 12.5. The molecule has 3 saturated heterocycles. The summed E-state index contributed by atoms with van der Waals surface area (Å²) in [5, 5.41) is 0. The highest BCUT2D eigenvalue weighted by atomic mass is 16.7. The molecule has 3 fully saturated rings. The van der Waals surface area contributed by atoms with Gasteiger partial charge in [-0.3, -0.25) is 0 Å². The standard InChI is InChI=1S/C29H30O9/c1-18(15-20-3-5-21(6-4-20)27-32-9-10-33-27)25(30)38-26(31)19(2)16-23-17-22(28-34-11-12-35-28)7-8-24(23)29-36-13-14-37-29/h3-8,17,27-29H,1-2,9-16H2. The molecule has 0 aliphatic carbocycles. The van der Waals surface area contributed by atoms with E-state index in [1.807, 2.05) is 42.5 Å². The third-order valence-electron chi connectivity index (χ3n) is 6.39. The highest BCUT2D eigenvalue weighted by molar-refractivity contribution is 6.01. The number of hydrogen-bond acceptors (Lipinski definition) is 9. The third-order valence-corrected chi connectivity index (χ3v) is 6.39. The molecule has 3 aliphatic rings. The van der Waals surface area contributed by atoms with Crippen molar-refractivity contribution in [2.45, 2.75) is 31.7 Å². The summed E-state index contributed by atoms with van der Waals surface area (Å²) in [5.41, 5.74) is 4.32. The van der Waals surface area contributed by atoms with Crippen molar-refractivity contribution in [2.75, 3.05) is 39.6 Å². The van der Waals surface area contributed by atoms with Crippen LogP contribution in [-0.4, -0.2) is 51.6 Å². The summed E-state index contributed by atoms with van der Waals surface area (Å²) in [5.74, 6) is -1.62. The fraction of sp³-hybridized carbons (Fsp3) is 0.379. The van der Waals surface area contributed by atoms with Gasteiger partial charge in [-0.15, -0.1) is 0 Å². The number of benzene rings is 2. The van der Waals surface area contributed by atoms with Gasteiger partial charge in [-0.05, 0) is 17.2 Å². The van der Waals surface area contributed by atoms with Crippen LogP contribution in [0, 0.1) is 0 Å². The zero-order valence-corrected chi connectivity index (χ0v) is 21.0. The maximum absolute atomic E-state index is 12.8. The Kier molecular flexibility index (Phi) is 8.43. The van der Waals surface area contributed by atoms with Crippen molar-refractivity contribution in [3.8, 4) is 0 Å². The van der Waals surface area contributed by atoms with Crippen LogP contribution >= 0.6 is 0 Å². The zero-order chi connectivity index (χ0) is 26.5. The number of ether oxygens (including phenoxy) is 7. The van der Waals surface area contributed by atoms with Gasteiger partial charge >= 0.3 is 11.9 Å². The average Bonchev–Trinajstić information content (AvgIpc) is 3.72. The van der Waals surface area contributed by atoms with Gasteiger partial charge < -0.3 is 33.2 Å². The van der Waals surface area contributed by atoms with Crippen LogP contribution in [0.5, 0.6) is 0 Å². The number of esters is 2. The van der Waals surface area contributed by atoms with Crippen LogP contribution in [0.1, 0.15) is 46.7 Å². The Hall–Kier alpha value is -3.18. The van der Waals surface area contributed by atoms with E-state index >= 15 is 0 Å². The summed E-state index contributed by atoms with van der Waals surface area (Å²) in [6.45, 7) is 10.8. The molecule has 5 rings (SSSR count). The number of carbonyl (C=O) groups is 2. The molecule has 200 valence electrons. The van der Waals surface area contributed by atoms with Gasteiger partial charge in [-0.1, -0.05) is 49.6 Å². The van der Waals surface area contributed by atoms with E-state index in [2.05, 4.69) is 13.2 Å². The molecule has 3 heterocycles. The molecule has 0 bridgehead atoms. The molecule has 0 amide bonds. The minimum Gasteiger partial charge on any atom is -0.386 e. The van der Waals surface area contributed by atoms with Crippen molar-refractivity contribution in [3.05, 3.63) is 94.6 Å². The SMILES string of the molecule is C=C(Cc1ccc(C2OCCO2)cc1)C(=O)OC(=O)C(=C)Cc1cc(C2OCCO2)ccc1C1OCCO1. The highest BCUT2D eigenvalue weighted by Gasteiger charge is 2.26. The summed E-state index contributed by atoms with van der Waals surface area (Å²) in [7, 11) is 0. The van der Waals surface area contributed by atoms with E-state index in [4.69, 9.17) is 33.2 Å². The fourth-order valence-corrected chi connectivity index (χ4v) is 4.44. The quantitative estimate of drug-likeness (QED) is 0.277. The molecular weight excluding hydrogens is 492 g/mol. The lowest BCUT2D eigenvalue weighted by atomic mass is 9.97. The van der Waals surface area contributed by atoms with E-state index < -0.39 is 24.5 Å². The summed E-state index contributed by atoms with van der Waals surface area (Å²) < 4.78 is 38.6. The molecule has 9 heteroatoms. The molecule has 9 nitrogen and oxygen atoms in total. The van der Waals surface area contributed by atoms with Gasteiger partial charge in [0.1, 0.15) is 0 Å². The zero-order valence-electron chi connectivity index (χ0n) is 21.0. The molecule has 0 unspecified atom stereocenters. The Labute approximate surface area is 220 Å². The van der Waals surface area contributed by atoms with E-state index in [-0.39, 0.29) is 30.3 Å². The first kappa shape index (κ1) is 26.4. The van der Waals surface area contributed by atoms with E-state index in [1.54, 1.807) is 0 Å². The van der Waals surface area contributed by atoms with Crippen LogP contribution in [-0.2, 0) is 55.6 Å².